The molecule has 0 amide bonds. The van der Waals surface area contributed by atoms with Gasteiger partial charge in [-0.1, -0.05) is 41.5 Å². The molecule has 2 aliphatic heterocycles. The molecule has 2 heterocycles. The molecule has 0 aliphatic carbocycles. The van der Waals surface area contributed by atoms with Gasteiger partial charge in [0.1, 0.15) is 0 Å². The van der Waals surface area contributed by atoms with Gasteiger partial charge in [-0.2, -0.15) is 0 Å². The van der Waals surface area contributed by atoms with Crippen molar-refractivity contribution >= 4 is 0 Å². The molecule has 96 valence electrons. The first-order valence-electron chi connectivity index (χ1n) is 6.40. The Morgan fingerprint density at radius 1 is 0.875 bits per heavy atom. The largest absolute Gasteiger partial charge is 0.381 e. The van der Waals surface area contributed by atoms with Gasteiger partial charge in [0.05, 0.1) is 19.3 Å². The Labute approximate surface area is 101 Å². The molecule has 2 fully saturated rings. The van der Waals surface area contributed by atoms with Gasteiger partial charge in [0.15, 0.2) is 0 Å². The molecule has 0 spiro atoms. The van der Waals surface area contributed by atoms with E-state index in [2.05, 4.69) is 41.5 Å². The number of rotatable bonds is 0. The van der Waals surface area contributed by atoms with Crippen LogP contribution < -0.4 is 0 Å². The lowest BCUT2D eigenvalue weighted by Crippen LogP contribution is -2.38. The van der Waals surface area contributed by atoms with E-state index >= 15 is 0 Å². The Hall–Kier alpha value is -0.0800. The van der Waals surface area contributed by atoms with Crippen LogP contribution in [0.2, 0.25) is 0 Å². The van der Waals surface area contributed by atoms with Crippen LogP contribution in [-0.4, -0.2) is 25.9 Å². The first-order chi connectivity index (χ1) is 7.21. The second-order valence-electron chi connectivity index (χ2n) is 7.11. The lowest BCUT2D eigenvalue weighted by molar-refractivity contribution is -0.109. The maximum absolute atomic E-state index is 5.30. The Morgan fingerprint density at radius 3 is 1.38 bits per heavy atom. The highest BCUT2D eigenvalue weighted by Gasteiger charge is 2.31. The van der Waals surface area contributed by atoms with E-state index in [1.807, 2.05) is 0 Å². The molecule has 0 N–H and O–H groups in total. The fourth-order valence-electron chi connectivity index (χ4n) is 1.65. The highest BCUT2D eigenvalue weighted by atomic mass is 16.5. The van der Waals surface area contributed by atoms with Crippen LogP contribution in [0.25, 0.3) is 0 Å². The van der Waals surface area contributed by atoms with Crippen LogP contribution in [0.3, 0.4) is 0 Å². The molecule has 1 atom stereocenters. The summed E-state index contributed by atoms with van der Waals surface area (Å²) in [7, 11) is 0. The first-order valence-corrected chi connectivity index (χ1v) is 6.40. The van der Waals surface area contributed by atoms with Gasteiger partial charge >= 0.3 is 0 Å². The minimum absolute atomic E-state index is 0.373. The zero-order chi connectivity index (χ0) is 12.4. The predicted octanol–water partition coefficient (Wildman–Crippen LogP) is 3.50. The van der Waals surface area contributed by atoms with Gasteiger partial charge in [-0.3, -0.25) is 0 Å². The molecule has 0 aromatic rings. The van der Waals surface area contributed by atoms with E-state index < -0.39 is 0 Å². The number of hydrogen-bond acceptors (Lipinski definition) is 2. The maximum atomic E-state index is 5.30. The van der Waals surface area contributed by atoms with Gasteiger partial charge in [0.25, 0.3) is 0 Å². The molecular weight excluding hydrogens is 200 g/mol. The monoisotopic (exact) mass is 228 g/mol. The average molecular weight is 228 g/mol. The molecule has 16 heavy (non-hydrogen) atoms. The quantitative estimate of drug-likeness (QED) is 0.632. The molecule has 2 saturated heterocycles. The van der Waals surface area contributed by atoms with Crippen LogP contribution in [0, 0.1) is 16.7 Å². The summed E-state index contributed by atoms with van der Waals surface area (Å²) in [5, 5.41) is 0. The van der Waals surface area contributed by atoms with Crippen molar-refractivity contribution in [1.29, 1.82) is 0 Å². The van der Waals surface area contributed by atoms with Crippen molar-refractivity contribution in [3.8, 4) is 0 Å². The summed E-state index contributed by atoms with van der Waals surface area (Å²) in [4.78, 5) is 0. The molecule has 2 rings (SSSR count). The molecule has 0 aromatic heterocycles. The highest BCUT2D eigenvalue weighted by Crippen LogP contribution is 2.31. The zero-order valence-corrected chi connectivity index (χ0v) is 11.8. The minimum Gasteiger partial charge on any atom is -0.381 e. The van der Waals surface area contributed by atoms with Crippen LogP contribution in [0.1, 0.15) is 48.0 Å². The van der Waals surface area contributed by atoms with E-state index in [0.29, 0.717) is 16.9 Å². The first kappa shape index (κ1) is 14.0. The van der Waals surface area contributed by atoms with Gasteiger partial charge in [0.2, 0.25) is 0 Å². The summed E-state index contributed by atoms with van der Waals surface area (Å²) < 4.78 is 10.4. The maximum Gasteiger partial charge on any atom is 0.0645 e. The van der Waals surface area contributed by atoms with Crippen molar-refractivity contribution < 1.29 is 9.47 Å². The third-order valence-corrected chi connectivity index (χ3v) is 3.53. The molecule has 0 saturated carbocycles. The third-order valence-electron chi connectivity index (χ3n) is 3.53. The van der Waals surface area contributed by atoms with Crippen LogP contribution >= 0.6 is 0 Å². The van der Waals surface area contributed by atoms with Crippen molar-refractivity contribution in [2.75, 3.05) is 19.8 Å². The average Bonchev–Trinajstić information content (AvgIpc) is 1.66. The van der Waals surface area contributed by atoms with Crippen molar-refractivity contribution in [3.05, 3.63) is 0 Å². The molecule has 2 nitrogen and oxygen atoms in total. The van der Waals surface area contributed by atoms with Gasteiger partial charge in [0, 0.05) is 12.5 Å². The summed E-state index contributed by atoms with van der Waals surface area (Å²) in [6, 6.07) is 0. The topological polar surface area (TPSA) is 18.5 Å². The van der Waals surface area contributed by atoms with Crippen LogP contribution in [-0.2, 0) is 9.47 Å². The molecule has 0 aromatic carbocycles. The Bertz CT molecular complexity index is 178. The Balaban J connectivity index is 0.000000160. The second-order valence-corrected chi connectivity index (χ2v) is 7.11. The predicted molar refractivity (Wildman–Crippen MR) is 67.6 cm³/mol. The van der Waals surface area contributed by atoms with Crippen LogP contribution in [0.4, 0.5) is 0 Å². The van der Waals surface area contributed by atoms with E-state index in [4.69, 9.17) is 9.47 Å². The van der Waals surface area contributed by atoms with Crippen LogP contribution in [0.15, 0.2) is 0 Å². The zero-order valence-electron chi connectivity index (χ0n) is 11.8. The van der Waals surface area contributed by atoms with Gasteiger partial charge in [-0.05, 0) is 17.3 Å². The van der Waals surface area contributed by atoms with Crippen LogP contribution in [0.5, 0.6) is 0 Å². The normalized spacial score (nSPS) is 26.2. The smallest absolute Gasteiger partial charge is 0.0645 e. The molecule has 1 unspecified atom stereocenters. The molecule has 0 radical (unpaired) electrons. The second kappa shape index (κ2) is 5.05. The summed E-state index contributed by atoms with van der Waals surface area (Å²) in [5.41, 5.74) is 0.844. The van der Waals surface area contributed by atoms with E-state index in [-0.39, 0.29) is 0 Å². The summed E-state index contributed by atoms with van der Waals surface area (Å²) in [6.07, 6.45) is 1.78. The molecule has 0 bridgehead atoms. The highest BCUT2D eigenvalue weighted by molar-refractivity contribution is 4.79. The lowest BCUT2D eigenvalue weighted by atomic mass is 9.80. The minimum atomic E-state index is 0.373. The third kappa shape index (κ3) is 4.06. The van der Waals surface area contributed by atoms with Gasteiger partial charge in [-0.15, -0.1) is 0 Å². The van der Waals surface area contributed by atoms with Crippen molar-refractivity contribution in [2.45, 2.75) is 54.1 Å². The van der Waals surface area contributed by atoms with E-state index in [1.165, 1.54) is 6.42 Å². The fraction of sp³-hybridized carbons (Fsp3) is 1.00. The van der Waals surface area contributed by atoms with Crippen molar-refractivity contribution in [2.24, 2.45) is 16.7 Å². The summed E-state index contributed by atoms with van der Waals surface area (Å²) >= 11 is 0. The molecule has 2 heteroatoms. The fourth-order valence-corrected chi connectivity index (χ4v) is 1.65. The van der Waals surface area contributed by atoms with Gasteiger partial charge in [-0.25, -0.2) is 0 Å². The number of ether oxygens (including phenoxy) is 2. The SMILES string of the molecule is CC(C)(C)C1CCO1.CC(C)(C)C1COC1. The van der Waals surface area contributed by atoms with E-state index in [9.17, 15) is 0 Å². The summed E-state index contributed by atoms with van der Waals surface area (Å²) in [5.74, 6) is 0.808. The Morgan fingerprint density at radius 2 is 1.38 bits per heavy atom. The van der Waals surface area contributed by atoms with E-state index in [1.54, 1.807) is 0 Å². The summed E-state index contributed by atoms with van der Waals surface area (Å²) in [6.45, 7) is 16.4. The van der Waals surface area contributed by atoms with Crippen molar-refractivity contribution in [3.63, 3.8) is 0 Å². The van der Waals surface area contributed by atoms with E-state index in [0.717, 1.165) is 25.7 Å². The Kier molecular flexibility index (Phi) is 4.42. The standard InChI is InChI=1S/2C7H14O/c1-7(2,3)6-4-8-5-6;1-7(2,3)6-4-5-8-6/h2*6H,4-5H2,1-3H3. The molecular formula is C14H28O2. The number of hydrogen-bond donors (Lipinski definition) is 0. The lowest BCUT2D eigenvalue weighted by Gasteiger charge is -2.37. The van der Waals surface area contributed by atoms with Gasteiger partial charge < -0.3 is 9.47 Å². The van der Waals surface area contributed by atoms with Crippen molar-refractivity contribution in [1.82, 2.24) is 0 Å². The molecule has 2 aliphatic rings.